The third-order valence-corrected chi connectivity index (χ3v) is 7.04. The van der Waals surface area contributed by atoms with E-state index in [0.717, 1.165) is 16.5 Å². The number of nitrogens with one attached hydrogen (secondary N) is 1. The van der Waals surface area contributed by atoms with Gasteiger partial charge in [0.05, 0.1) is 22.1 Å². The van der Waals surface area contributed by atoms with Gasteiger partial charge in [-0.2, -0.15) is 0 Å². The summed E-state index contributed by atoms with van der Waals surface area (Å²) in [6.07, 6.45) is 4.30. The highest BCUT2D eigenvalue weighted by Gasteiger charge is 2.33. The number of benzene rings is 3. The Morgan fingerprint density at radius 1 is 1.16 bits per heavy atom. The minimum atomic E-state index is -0.465. The predicted octanol–water partition coefficient (Wildman–Crippen LogP) is 6.03. The molecule has 0 spiro atoms. The maximum Gasteiger partial charge on any atom is 0.269 e. The second-order valence-corrected chi connectivity index (χ2v) is 9.51. The van der Waals surface area contributed by atoms with Crippen LogP contribution in [-0.2, 0) is 11.2 Å². The normalized spacial score (nSPS) is 15.6. The smallest absolute Gasteiger partial charge is 0.269 e. The zero-order valence-corrected chi connectivity index (χ0v) is 21.3. The van der Waals surface area contributed by atoms with Gasteiger partial charge in [-0.25, -0.2) is 4.99 Å². The van der Waals surface area contributed by atoms with Crippen molar-refractivity contribution < 1.29 is 19.6 Å². The van der Waals surface area contributed by atoms with Crippen LogP contribution in [0.4, 0.5) is 11.4 Å². The number of aromatic hydroxyl groups is 1. The molecule has 0 saturated carbocycles. The summed E-state index contributed by atoms with van der Waals surface area (Å²) in [5.74, 6) is 0.176. The molecule has 1 amide bonds. The number of non-ortho nitro benzene ring substituents is 1. The highest BCUT2D eigenvalue weighted by Crippen LogP contribution is 2.36. The molecule has 1 fully saturated rings. The van der Waals surface area contributed by atoms with Gasteiger partial charge < -0.3 is 14.8 Å². The largest absolute Gasteiger partial charge is 0.504 e. The van der Waals surface area contributed by atoms with Crippen molar-refractivity contribution in [3.8, 4) is 11.5 Å². The van der Waals surface area contributed by atoms with Gasteiger partial charge in [0.2, 0.25) is 0 Å². The Morgan fingerprint density at radius 3 is 2.71 bits per heavy atom. The van der Waals surface area contributed by atoms with Crippen molar-refractivity contribution in [1.82, 2.24) is 9.88 Å². The summed E-state index contributed by atoms with van der Waals surface area (Å²) in [5.41, 5.74) is 3.30. The predicted molar refractivity (Wildman–Crippen MR) is 149 cm³/mol. The van der Waals surface area contributed by atoms with E-state index in [9.17, 15) is 20.0 Å². The number of aromatic nitrogens is 1. The molecule has 9 nitrogen and oxygen atoms in total. The number of H-pyrrole nitrogens is 1. The number of rotatable bonds is 8. The van der Waals surface area contributed by atoms with Crippen molar-refractivity contribution in [1.29, 1.82) is 0 Å². The summed E-state index contributed by atoms with van der Waals surface area (Å²) in [7, 11) is 0. The number of carbonyl (C=O) groups is 1. The molecule has 1 saturated heterocycles. The number of phenolic OH excluding ortho intramolecular Hbond substituents is 1. The fourth-order valence-corrected chi connectivity index (χ4v) is 5.19. The highest BCUT2D eigenvalue weighted by atomic mass is 32.2. The Bertz CT molecular complexity index is 1580. The van der Waals surface area contributed by atoms with E-state index < -0.39 is 4.92 Å². The van der Waals surface area contributed by atoms with Crippen molar-refractivity contribution in [3.05, 3.63) is 99.1 Å². The number of aromatic amines is 1. The van der Waals surface area contributed by atoms with Gasteiger partial charge in [-0.05, 0) is 72.6 Å². The van der Waals surface area contributed by atoms with Gasteiger partial charge >= 0.3 is 0 Å². The van der Waals surface area contributed by atoms with E-state index in [0.29, 0.717) is 46.6 Å². The molecule has 0 aliphatic carbocycles. The topological polar surface area (TPSA) is 121 Å². The van der Waals surface area contributed by atoms with E-state index in [4.69, 9.17) is 4.74 Å². The molecular formula is C28H24N4O5S. The SMILES string of the molecule is CCOc1cc(/C=C2\SC(=Nc3ccc([N+](=O)[O-])cc3)N(CCc3c[nH]c4ccccc34)C2=O)ccc1O. The summed E-state index contributed by atoms with van der Waals surface area (Å²) in [5, 5.41) is 22.6. The highest BCUT2D eigenvalue weighted by molar-refractivity contribution is 8.18. The molecule has 0 radical (unpaired) electrons. The Morgan fingerprint density at radius 2 is 1.95 bits per heavy atom. The number of carbonyl (C=O) groups excluding carboxylic acids is 1. The number of para-hydroxylation sites is 1. The lowest BCUT2D eigenvalue weighted by molar-refractivity contribution is -0.384. The van der Waals surface area contributed by atoms with E-state index in [-0.39, 0.29) is 17.3 Å². The van der Waals surface area contributed by atoms with Gasteiger partial charge in [0.25, 0.3) is 11.6 Å². The summed E-state index contributed by atoms with van der Waals surface area (Å²) >= 11 is 1.23. The standard InChI is InChI=1S/C28H24N4O5S/c1-2-37-25-15-18(7-12-24(25)33)16-26-27(34)31(14-13-19-17-29-23-6-4-3-5-22(19)23)28(38-26)30-20-8-10-21(11-9-20)32(35)36/h3-12,15-17,29,33H,2,13-14H2,1H3/b26-16-,30-28?. The van der Waals surface area contributed by atoms with Gasteiger partial charge in [-0.3, -0.25) is 19.8 Å². The van der Waals surface area contributed by atoms with Crippen LogP contribution >= 0.6 is 11.8 Å². The minimum Gasteiger partial charge on any atom is -0.504 e. The second-order valence-electron chi connectivity index (χ2n) is 8.50. The molecule has 192 valence electrons. The monoisotopic (exact) mass is 528 g/mol. The van der Waals surface area contributed by atoms with Crippen LogP contribution in [0.3, 0.4) is 0 Å². The molecular weight excluding hydrogens is 504 g/mol. The van der Waals surface area contributed by atoms with Crippen molar-refractivity contribution in [2.75, 3.05) is 13.2 Å². The molecule has 1 aromatic heterocycles. The molecule has 2 N–H and O–H groups in total. The zero-order chi connectivity index (χ0) is 26.6. The van der Waals surface area contributed by atoms with Crippen LogP contribution < -0.4 is 4.74 Å². The molecule has 2 heterocycles. The number of hydrogen-bond donors (Lipinski definition) is 2. The molecule has 1 aliphatic heterocycles. The fraction of sp³-hybridized carbons (Fsp3) is 0.143. The first-order chi connectivity index (χ1) is 18.4. The van der Waals surface area contributed by atoms with Crippen molar-refractivity contribution in [2.24, 2.45) is 4.99 Å². The second kappa shape index (κ2) is 10.8. The van der Waals surface area contributed by atoms with E-state index in [2.05, 4.69) is 9.98 Å². The van der Waals surface area contributed by atoms with Gasteiger partial charge in [-0.15, -0.1) is 0 Å². The lowest BCUT2D eigenvalue weighted by atomic mass is 10.1. The third-order valence-electron chi connectivity index (χ3n) is 6.03. The number of nitrogens with zero attached hydrogens (tertiary/aromatic N) is 3. The summed E-state index contributed by atoms with van der Waals surface area (Å²) in [6, 6.07) is 18.8. The molecule has 0 bridgehead atoms. The molecule has 0 unspecified atom stereocenters. The van der Waals surface area contributed by atoms with Gasteiger partial charge in [0.15, 0.2) is 16.7 Å². The quantitative estimate of drug-likeness (QED) is 0.164. The molecule has 10 heteroatoms. The first kappa shape index (κ1) is 25.1. The van der Waals surface area contributed by atoms with E-state index in [1.807, 2.05) is 37.4 Å². The van der Waals surface area contributed by atoms with Crippen LogP contribution in [0.15, 0.2) is 82.8 Å². The van der Waals surface area contributed by atoms with Crippen LogP contribution in [0.25, 0.3) is 17.0 Å². The van der Waals surface area contributed by atoms with Crippen LogP contribution in [-0.4, -0.2) is 44.1 Å². The number of thioether (sulfide) groups is 1. The lowest BCUT2D eigenvalue weighted by Crippen LogP contribution is -2.31. The van der Waals surface area contributed by atoms with Crippen molar-refractivity contribution in [3.63, 3.8) is 0 Å². The Balaban J connectivity index is 1.46. The Kier molecular flexibility index (Phi) is 7.14. The number of amides is 1. The van der Waals surface area contributed by atoms with Gasteiger partial charge in [0, 0.05) is 35.8 Å². The number of nitro groups is 1. The van der Waals surface area contributed by atoms with Gasteiger partial charge in [-0.1, -0.05) is 24.3 Å². The first-order valence-electron chi connectivity index (χ1n) is 12.0. The average molecular weight is 529 g/mol. The number of aliphatic imine (C=N–C) groups is 1. The molecule has 38 heavy (non-hydrogen) atoms. The van der Waals surface area contributed by atoms with Crippen LogP contribution in [0, 0.1) is 10.1 Å². The van der Waals surface area contributed by atoms with Gasteiger partial charge in [0.1, 0.15) is 0 Å². The van der Waals surface area contributed by atoms with Crippen molar-refractivity contribution in [2.45, 2.75) is 13.3 Å². The maximum absolute atomic E-state index is 13.5. The number of amidine groups is 1. The Hall–Kier alpha value is -4.57. The molecule has 5 rings (SSSR count). The van der Waals surface area contributed by atoms with E-state index >= 15 is 0 Å². The van der Waals surface area contributed by atoms with Crippen LogP contribution in [0.5, 0.6) is 11.5 Å². The molecule has 4 aromatic rings. The first-order valence-corrected chi connectivity index (χ1v) is 12.8. The summed E-state index contributed by atoms with van der Waals surface area (Å²) < 4.78 is 5.48. The lowest BCUT2D eigenvalue weighted by Gasteiger charge is -2.15. The maximum atomic E-state index is 13.5. The number of phenols is 1. The van der Waals surface area contributed by atoms with Crippen LogP contribution in [0.1, 0.15) is 18.1 Å². The number of ether oxygens (including phenoxy) is 1. The minimum absolute atomic E-state index is 0.0279. The average Bonchev–Trinajstić information content (AvgIpc) is 3.45. The zero-order valence-electron chi connectivity index (χ0n) is 20.5. The van der Waals surface area contributed by atoms with E-state index in [1.54, 1.807) is 35.2 Å². The number of hydrogen-bond acceptors (Lipinski definition) is 7. The molecule has 1 aliphatic rings. The van der Waals surface area contributed by atoms with E-state index in [1.165, 1.54) is 30.0 Å². The van der Waals surface area contributed by atoms with Crippen molar-refractivity contribution >= 4 is 51.2 Å². The van der Waals surface area contributed by atoms with Crippen LogP contribution in [0.2, 0.25) is 0 Å². The molecule has 0 atom stereocenters. The summed E-state index contributed by atoms with van der Waals surface area (Å²) in [6.45, 7) is 2.62. The number of nitro benzene ring substituents is 1. The molecule has 3 aromatic carbocycles. The number of fused-ring (bicyclic) bond motifs is 1. The fourth-order valence-electron chi connectivity index (χ4n) is 4.16. The third kappa shape index (κ3) is 5.25. The summed E-state index contributed by atoms with van der Waals surface area (Å²) in [4.78, 5) is 34.1. The Labute approximate surface area is 222 Å².